The molecule has 1 N–H and O–H groups in total. The van der Waals surface area contributed by atoms with Crippen molar-refractivity contribution >= 4 is 28.3 Å². The van der Waals surface area contributed by atoms with Gasteiger partial charge in [-0.05, 0) is 30.7 Å². The molecule has 128 valence electrons. The average molecular weight is 340 g/mol. The highest BCUT2D eigenvalue weighted by molar-refractivity contribution is 5.97. The fourth-order valence-electron chi connectivity index (χ4n) is 2.59. The Balaban J connectivity index is 1.81. The highest BCUT2D eigenvalue weighted by atomic mass is 16.6. The van der Waals surface area contributed by atoms with E-state index in [0.29, 0.717) is 11.3 Å². The second-order valence-electron chi connectivity index (χ2n) is 5.63. The van der Waals surface area contributed by atoms with Gasteiger partial charge in [-0.15, -0.1) is 0 Å². The van der Waals surface area contributed by atoms with Gasteiger partial charge in [0, 0.05) is 10.9 Å². The maximum atomic E-state index is 12.3. The van der Waals surface area contributed by atoms with E-state index in [1.54, 1.807) is 6.07 Å². The van der Waals surface area contributed by atoms with Crippen LogP contribution in [0.2, 0.25) is 0 Å². The highest BCUT2D eigenvalue weighted by Gasteiger charge is 2.18. The average Bonchev–Trinajstić information content (AvgIpc) is 2.96. The fourth-order valence-corrected chi connectivity index (χ4v) is 2.59. The van der Waals surface area contributed by atoms with E-state index in [4.69, 9.17) is 9.15 Å². The number of nitro groups is 1. The molecule has 0 aliphatic carbocycles. The van der Waals surface area contributed by atoms with Gasteiger partial charge in [0.2, 0.25) is 5.91 Å². The first-order valence-corrected chi connectivity index (χ1v) is 7.57. The number of amides is 1. The van der Waals surface area contributed by atoms with Crippen LogP contribution in [0.1, 0.15) is 11.1 Å². The van der Waals surface area contributed by atoms with Gasteiger partial charge >= 0.3 is 0 Å². The maximum absolute atomic E-state index is 12.3. The third-order valence-electron chi connectivity index (χ3n) is 3.84. The molecule has 0 saturated heterocycles. The van der Waals surface area contributed by atoms with Gasteiger partial charge in [0.1, 0.15) is 17.0 Å². The zero-order chi connectivity index (χ0) is 18.0. The molecule has 0 aliphatic heterocycles. The molecule has 1 heterocycles. The molecule has 0 bridgehead atoms. The van der Waals surface area contributed by atoms with E-state index in [1.807, 2.05) is 25.1 Å². The summed E-state index contributed by atoms with van der Waals surface area (Å²) in [6.45, 7) is 1.96. The summed E-state index contributed by atoms with van der Waals surface area (Å²) in [6.07, 6.45) is 1.59. The molecular formula is C18H16N2O5. The Hall–Kier alpha value is -3.35. The molecule has 2 aromatic carbocycles. The van der Waals surface area contributed by atoms with E-state index in [-0.39, 0.29) is 23.7 Å². The summed E-state index contributed by atoms with van der Waals surface area (Å²) in [6, 6.07) is 10.0. The number of nitrogens with zero attached hydrogens (tertiary/aromatic N) is 1. The third kappa shape index (κ3) is 3.45. The lowest BCUT2D eigenvalue weighted by atomic mass is 10.1. The van der Waals surface area contributed by atoms with Crippen molar-refractivity contribution in [1.29, 1.82) is 0 Å². The minimum atomic E-state index is -0.561. The molecule has 0 atom stereocenters. The van der Waals surface area contributed by atoms with Crippen LogP contribution in [-0.2, 0) is 11.2 Å². The van der Waals surface area contributed by atoms with Crippen molar-refractivity contribution in [3.63, 3.8) is 0 Å². The SMILES string of the molecule is COc1ccc(NC(=O)Cc2coc3cc(C)ccc23)c([N+](=O)[O-])c1. The van der Waals surface area contributed by atoms with Gasteiger partial charge in [0.05, 0.1) is 30.8 Å². The molecule has 1 amide bonds. The monoisotopic (exact) mass is 340 g/mol. The Morgan fingerprint density at radius 2 is 2.08 bits per heavy atom. The predicted molar refractivity (Wildman–Crippen MR) is 92.9 cm³/mol. The van der Waals surface area contributed by atoms with Crippen LogP contribution in [0.4, 0.5) is 11.4 Å². The van der Waals surface area contributed by atoms with E-state index in [1.165, 1.54) is 25.5 Å². The number of aryl methyl sites for hydroxylation is 1. The van der Waals surface area contributed by atoms with Crippen molar-refractivity contribution in [2.75, 3.05) is 12.4 Å². The molecule has 0 fully saturated rings. The van der Waals surface area contributed by atoms with Crippen LogP contribution >= 0.6 is 0 Å². The predicted octanol–water partition coefficient (Wildman–Crippen LogP) is 3.84. The molecule has 25 heavy (non-hydrogen) atoms. The van der Waals surface area contributed by atoms with Gasteiger partial charge in [-0.3, -0.25) is 14.9 Å². The number of nitrogens with one attached hydrogen (secondary N) is 1. The van der Waals surface area contributed by atoms with Crippen molar-refractivity contribution in [2.24, 2.45) is 0 Å². The van der Waals surface area contributed by atoms with Crippen molar-refractivity contribution in [1.82, 2.24) is 0 Å². The van der Waals surface area contributed by atoms with E-state index in [0.717, 1.165) is 16.5 Å². The summed E-state index contributed by atoms with van der Waals surface area (Å²) in [5.74, 6) is -0.0163. The zero-order valence-electron chi connectivity index (χ0n) is 13.7. The summed E-state index contributed by atoms with van der Waals surface area (Å²) in [4.78, 5) is 22.9. The summed E-state index contributed by atoms with van der Waals surface area (Å²) in [7, 11) is 1.42. The molecule has 3 rings (SSSR count). The summed E-state index contributed by atoms with van der Waals surface area (Å²) in [5, 5.41) is 14.6. The third-order valence-corrected chi connectivity index (χ3v) is 3.84. The van der Waals surface area contributed by atoms with Gasteiger partial charge in [-0.1, -0.05) is 12.1 Å². The molecule has 0 radical (unpaired) electrons. The topological polar surface area (TPSA) is 94.6 Å². The first kappa shape index (κ1) is 16.5. The molecule has 0 unspecified atom stereocenters. The van der Waals surface area contributed by atoms with Gasteiger partial charge in [0.25, 0.3) is 5.69 Å². The number of fused-ring (bicyclic) bond motifs is 1. The highest BCUT2D eigenvalue weighted by Crippen LogP contribution is 2.29. The summed E-state index contributed by atoms with van der Waals surface area (Å²) >= 11 is 0. The van der Waals surface area contributed by atoms with Crippen LogP contribution in [-0.4, -0.2) is 17.9 Å². The number of ether oxygens (including phenoxy) is 1. The Kier molecular flexibility index (Phi) is 4.38. The Morgan fingerprint density at radius 1 is 1.28 bits per heavy atom. The van der Waals surface area contributed by atoms with E-state index < -0.39 is 4.92 Å². The van der Waals surface area contributed by atoms with E-state index in [9.17, 15) is 14.9 Å². The fraction of sp³-hybridized carbons (Fsp3) is 0.167. The first-order chi connectivity index (χ1) is 12.0. The zero-order valence-corrected chi connectivity index (χ0v) is 13.7. The second-order valence-corrected chi connectivity index (χ2v) is 5.63. The summed E-state index contributed by atoms with van der Waals surface area (Å²) < 4.78 is 10.4. The quantitative estimate of drug-likeness (QED) is 0.562. The first-order valence-electron chi connectivity index (χ1n) is 7.57. The minimum Gasteiger partial charge on any atom is -0.496 e. The van der Waals surface area contributed by atoms with Crippen molar-refractivity contribution in [3.8, 4) is 5.75 Å². The Labute approximate surface area is 143 Å². The van der Waals surface area contributed by atoms with Crippen molar-refractivity contribution in [2.45, 2.75) is 13.3 Å². The van der Waals surface area contributed by atoms with Crippen LogP contribution in [0, 0.1) is 17.0 Å². The number of benzene rings is 2. The molecule has 7 heteroatoms. The largest absolute Gasteiger partial charge is 0.496 e. The lowest BCUT2D eigenvalue weighted by molar-refractivity contribution is -0.384. The van der Waals surface area contributed by atoms with Crippen LogP contribution in [0.25, 0.3) is 11.0 Å². The number of hydrogen-bond donors (Lipinski definition) is 1. The number of anilines is 1. The normalized spacial score (nSPS) is 10.6. The van der Waals surface area contributed by atoms with E-state index >= 15 is 0 Å². The van der Waals surface area contributed by atoms with Gasteiger partial charge in [-0.2, -0.15) is 0 Å². The molecule has 1 aromatic heterocycles. The molecule has 0 spiro atoms. The number of methoxy groups -OCH3 is 1. The van der Waals surface area contributed by atoms with Crippen LogP contribution in [0.15, 0.2) is 47.1 Å². The number of furan rings is 1. The van der Waals surface area contributed by atoms with Crippen molar-refractivity contribution < 1.29 is 18.9 Å². The number of hydrogen-bond acceptors (Lipinski definition) is 5. The van der Waals surface area contributed by atoms with Crippen LogP contribution in [0.5, 0.6) is 5.75 Å². The number of carbonyl (C=O) groups excluding carboxylic acids is 1. The van der Waals surface area contributed by atoms with Crippen molar-refractivity contribution in [3.05, 3.63) is 63.9 Å². The smallest absolute Gasteiger partial charge is 0.296 e. The van der Waals surface area contributed by atoms with Gasteiger partial charge in [0.15, 0.2) is 0 Å². The number of nitro benzene ring substituents is 1. The van der Waals surface area contributed by atoms with E-state index in [2.05, 4.69) is 5.32 Å². The molecular weight excluding hydrogens is 324 g/mol. The standard InChI is InChI=1S/C18H16N2O5/c1-11-3-5-14-12(10-25-17(14)7-11)8-18(21)19-15-6-4-13(24-2)9-16(15)20(22)23/h3-7,9-10H,8H2,1-2H3,(H,19,21). The lowest BCUT2D eigenvalue weighted by Crippen LogP contribution is -2.15. The second kappa shape index (κ2) is 6.64. The number of rotatable bonds is 5. The maximum Gasteiger partial charge on any atom is 0.296 e. The molecule has 7 nitrogen and oxygen atoms in total. The van der Waals surface area contributed by atoms with Gasteiger partial charge in [-0.25, -0.2) is 0 Å². The van der Waals surface area contributed by atoms with Crippen LogP contribution in [0.3, 0.4) is 0 Å². The van der Waals surface area contributed by atoms with Gasteiger partial charge < -0.3 is 14.5 Å². The molecule has 0 saturated carbocycles. The molecule has 0 aliphatic rings. The molecule has 3 aromatic rings. The minimum absolute atomic E-state index is 0.0548. The Bertz CT molecular complexity index is 961. The lowest BCUT2D eigenvalue weighted by Gasteiger charge is -2.07. The number of carbonyl (C=O) groups is 1. The summed E-state index contributed by atoms with van der Waals surface area (Å²) in [5.41, 5.74) is 2.40. The Morgan fingerprint density at radius 3 is 2.80 bits per heavy atom. The van der Waals surface area contributed by atoms with Crippen LogP contribution < -0.4 is 10.1 Å².